The van der Waals surface area contributed by atoms with Gasteiger partial charge in [0.15, 0.2) is 5.78 Å². The van der Waals surface area contributed by atoms with Crippen molar-refractivity contribution in [3.05, 3.63) is 66.2 Å². The zero-order chi connectivity index (χ0) is 14.4. The third-order valence-corrected chi connectivity index (χ3v) is 3.68. The van der Waals surface area contributed by atoms with E-state index in [1.54, 1.807) is 48.5 Å². The highest BCUT2D eigenvalue weighted by Crippen LogP contribution is 2.44. The van der Waals surface area contributed by atoms with Crippen molar-refractivity contribution in [1.82, 2.24) is 0 Å². The number of ketones is 1. The Labute approximate surface area is 117 Å². The minimum Gasteiger partial charge on any atom is -0.425 e. The molecule has 2 rings (SSSR count). The van der Waals surface area contributed by atoms with Crippen molar-refractivity contribution in [3.63, 3.8) is 0 Å². The number of carbonyl (C=O) groups excluding carboxylic acids is 1. The molecule has 2 aromatic rings. The van der Waals surface area contributed by atoms with E-state index in [-0.39, 0.29) is 12.4 Å². The summed E-state index contributed by atoms with van der Waals surface area (Å²) in [5.41, 5.74) is 0.521. The molecule has 20 heavy (non-hydrogen) atoms. The summed E-state index contributed by atoms with van der Waals surface area (Å²) < 4.78 is 22.5. The number of benzene rings is 2. The van der Waals surface area contributed by atoms with Gasteiger partial charge >= 0.3 is 7.60 Å². The molecule has 2 aromatic carbocycles. The molecule has 0 bridgehead atoms. The first-order valence-corrected chi connectivity index (χ1v) is 8.11. The second-order valence-corrected chi connectivity index (χ2v) is 6.22. The van der Waals surface area contributed by atoms with Crippen LogP contribution in [0.25, 0.3) is 0 Å². The summed E-state index contributed by atoms with van der Waals surface area (Å²) in [7, 11) is -3.31. The summed E-state index contributed by atoms with van der Waals surface area (Å²) in [5.74, 6) is 0.217. The van der Waals surface area contributed by atoms with Crippen LogP contribution in [-0.4, -0.2) is 19.1 Å². The zero-order valence-electron chi connectivity index (χ0n) is 11.1. The minimum absolute atomic E-state index is 0.232. The van der Waals surface area contributed by atoms with E-state index in [1.165, 1.54) is 6.66 Å². The molecule has 5 heteroatoms. The van der Waals surface area contributed by atoms with Crippen LogP contribution in [0.3, 0.4) is 0 Å². The number of para-hydroxylation sites is 1. The number of hydrogen-bond donors (Lipinski definition) is 0. The van der Waals surface area contributed by atoms with Crippen molar-refractivity contribution < 1.29 is 18.4 Å². The van der Waals surface area contributed by atoms with Crippen molar-refractivity contribution in [2.24, 2.45) is 0 Å². The largest absolute Gasteiger partial charge is 0.425 e. The summed E-state index contributed by atoms with van der Waals surface area (Å²) >= 11 is 0. The molecule has 0 aliphatic heterocycles. The molecule has 0 fully saturated rings. The van der Waals surface area contributed by atoms with Gasteiger partial charge < -0.3 is 4.52 Å². The van der Waals surface area contributed by atoms with Crippen LogP contribution in [0.1, 0.15) is 10.4 Å². The number of Topliss-reactive ketones (excluding diaryl/α,β-unsaturated/α-hetero) is 1. The van der Waals surface area contributed by atoms with Gasteiger partial charge in [-0.25, -0.2) is 4.57 Å². The van der Waals surface area contributed by atoms with Crippen molar-refractivity contribution in [2.45, 2.75) is 0 Å². The molecule has 0 spiro atoms. The first-order valence-electron chi connectivity index (χ1n) is 6.12. The fourth-order valence-electron chi connectivity index (χ4n) is 1.58. The van der Waals surface area contributed by atoms with Crippen LogP contribution in [-0.2, 0) is 9.09 Å². The quantitative estimate of drug-likeness (QED) is 0.600. The van der Waals surface area contributed by atoms with E-state index >= 15 is 0 Å². The zero-order valence-corrected chi connectivity index (χ0v) is 12.0. The fourth-order valence-corrected chi connectivity index (χ4v) is 2.49. The molecule has 0 aliphatic carbocycles. The number of carbonyl (C=O) groups is 1. The molecule has 0 amide bonds. The third kappa shape index (κ3) is 4.34. The van der Waals surface area contributed by atoms with Crippen molar-refractivity contribution in [3.8, 4) is 5.75 Å². The summed E-state index contributed by atoms with van der Waals surface area (Å²) in [6.07, 6.45) is 0. The number of rotatable bonds is 6. The maximum atomic E-state index is 12.1. The lowest BCUT2D eigenvalue weighted by Gasteiger charge is -2.14. The topological polar surface area (TPSA) is 52.6 Å². The van der Waals surface area contributed by atoms with Gasteiger partial charge in [0, 0.05) is 12.2 Å². The van der Waals surface area contributed by atoms with Gasteiger partial charge in [-0.2, -0.15) is 0 Å². The summed E-state index contributed by atoms with van der Waals surface area (Å²) in [6.45, 7) is 1.07. The Kier molecular flexibility index (Phi) is 4.72. The highest BCUT2D eigenvalue weighted by molar-refractivity contribution is 7.53. The highest BCUT2D eigenvalue weighted by atomic mass is 31.2. The van der Waals surface area contributed by atoms with E-state index in [4.69, 9.17) is 9.05 Å². The van der Waals surface area contributed by atoms with Gasteiger partial charge in [0.2, 0.25) is 0 Å². The van der Waals surface area contributed by atoms with Crippen LogP contribution in [0.4, 0.5) is 0 Å². The van der Waals surface area contributed by atoms with Gasteiger partial charge in [0.05, 0.1) is 0 Å². The van der Waals surface area contributed by atoms with Gasteiger partial charge in [-0.05, 0) is 12.1 Å². The van der Waals surface area contributed by atoms with Gasteiger partial charge in [0.25, 0.3) is 0 Å². The molecule has 4 nitrogen and oxygen atoms in total. The van der Waals surface area contributed by atoms with Gasteiger partial charge in [-0.1, -0.05) is 48.5 Å². The summed E-state index contributed by atoms with van der Waals surface area (Å²) in [4.78, 5) is 11.8. The van der Waals surface area contributed by atoms with E-state index < -0.39 is 7.60 Å². The molecular formula is C15H15O4P. The molecule has 0 aliphatic rings. The van der Waals surface area contributed by atoms with Crippen LogP contribution < -0.4 is 4.52 Å². The summed E-state index contributed by atoms with van der Waals surface area (Å²) in [6, 6.07) is 17.4. The maximum absolute atomic E-state index is 12.1. The van der Waals surface area contributed by atoms with Crippen LogP contribution in [0, 0.1) is 0 Å². The molecule has 1 unspecified atom stereocenters. The van der Waals surface area contributed by atoms with Gasteiger partial charge in [-0.3, -0.25) is 9.32 Å². The standard InChI is InChI=1S/C15H15O4P/c1-20(17,19-14-10-6-3-7-11-14)18-12-15(16)13-8-4-2-5-9-13/h2-11H,12H2,1H3. The molecule has 0 saturated heterocycles. The van der Waals surface area contributed by atoms with Crippen molar-refractivity contribution in [1.29, 1.82) is 0 Å². The Balaban J connectivity index is 1.93. The van der Waals surface area contributed by atoms with E-state index in [1.807, 2.05) is 12.1 Å². The fraction of sp³-hybridized carbons (Fsp3) is 0.133. The second kappa shape index (κ2) is 6.51. The predicted molar refractivity (Wildman–Crippen MR) is 77.3 cm³/mol. The van der Waals surface area contributed by atoms with Crippen molar-refractivity contribution in [2.75, 3.05) is 13.3 Å². The van der Waals surface area contributed by atoms with Crippen molar-refractivity contribution >= 4 is 13.4 Å². The molecule has 0 aromatic heterocycles. The van der Waals surface area contributed by atoms with Crippen LogP contribution in [0.5, 0.6) is 5.75 Å². The lowest BCUT2D eigenvalue weighted by atomic mass is 10.1. The average molecular weight is 290 g/mol. The summed E-state index contributed by atoms with van der Waals surface area (Å²) in [5, 5.41) is 0. The lowest BCUT2D eigenvalue weighted by Crippen LogP contribution is -2.09. The Hall–Kier alpha value is -1.90. The van der Waals surface area contributed by atoms with E-state index in [0.29, 0.717) is 11.3 Å². The van der Waals surface area contributed by atoms with Gasteiger partial charge in [-0.15, -0.1) is 0 Å². The Morgan fingerprint density at radius 1 is 1.00 bits per heavy atom. The molecule has 1 atom stereocenters. The van der Waals surface area contributed by atoms with E-state index in [0.717, 1.165) is 0 Å². The smallest absolute Gasteiger partial charge is 0.376 e. The predicted octanol–water partition coefficient (Wildman–Crippen LogP) is 3.79. The highest BCUT2D eigenvalue weighted by Gasteiger charge is 2.20. The molecule has 0 heterocycles. The second-order valence-electron chi connectivity index (χ2n) is 4.24. The van der Waals surface area contributed by atoms with Crippen LogP contribution >= 0.6 is 7.60 Å². The first-order chi connectivity index (χ1) is 9.57. The first kappa shape index (κ1) is 14.5. The Morgan fingerprint density at radius 3 is 2.15 bits per heavy atom. The molecule has 104 valence electrons. The van der Waals surface area contributed by atoms with Gasteiger partial charge in [0.1, 0.15) is 12.4 Å². The third-order valence-electron chi connectivity index (χ3n) is 2.54. The number of hydrogen-bond acceptors (Lipinski definition) is 4. The monoisotopic (exact) mass is 290 g/mol. The minimum atomic E-state index is -3.31. The van der Waals surface area contributed by atoms with E-state index in [9.17, 15) is 9.36 Å². The molecule has 0 N–H and O–H groups in total. The van der Waals surface area contributed by atoms with Crippen LogP contribution in [0.2, 0.25) is 0 Å². The lowest BCUT2D eigenvalue weighted by molar-refractivity contribution is 0.0913. The molecule has 0 saturated carbocycles. The average Bonchev–Trinajstić information content (AvgIpc) is 2.46. The SMILES string of the molecule is CP(=O)(OCC(=O)c1ccccc1)Oc1ccccc1. The Bertz CT molecular complexity index is 610. The van der Waals surface area contributed by atoms with E-state index in [2.05, 4.69) is 0 Å². The normalized spacial score (nSPS) is 13.4. The maximum Gasteiger partial charge on any atom is 0.376 e. The molecule has 0 radical (unpaired) electrons. The molecular weight excluding hydrogens is 275 g/mol. The van der Waals surface area contributed by atoms with Crippen LogP contribution in [0.15, 0.2) is 60.7 Å². The Morgan fingerprint density at radius 2 is 1.55 bits per heavy atom.